The van der Waals surface area contributed by atoms with Crippen LogP contribution in [0.5, 0.6) is 0 Å². The Morgan fingerprint density at radius 1 is 1.07 bits per heavy atom. The third-order valence-corrected chi connectivity index (χ3v) is 4.58. The smallest absolute Gasteiger partial charge is 0.143 e. The summed E-state index contributed by atoms with van der Waals surface area (Å²) in [5.41, 5.74) is 4.58. The summed E-state index contributed by atoms with van der Waals surface area (Å²) in [6.07, 6.45) is 3.81. The van der Waals surface area contributed by atoms with Crippen molar-refractivity contribution in [2.75, 3.05) is 5.32 Å². The van der Waals surface area contributed by atoms with E-state index in [0.29, 0.717) is 12.2 Å². The molecular weight excluding hydrogens is 334 g/mol. The van der Waals surface area contributed by atoms with E-state index in [2.05, 4.69) is 50.2 Å². The van der Waals surface area contributed by atoms with Crippen molar-refractivity contribution in [3.8, 4) is 6.07 Å². The Morgan fingerprint density at radius 3 is 2.74 bits per heavy atom. The van der Waals surface area contributed by atoms with Gasteiger partial charge >= 0.3 is 0 Å². The second kappa shape index (κ2) is 7.30. The van der Waals surface area contributed by atoms with Gasteiger partial charge in [-0.05, 0) is 30.2 Å². The Morgan fingerprint density at radius 2 is 1.93 bits per heavy atom. The number of aryl methyl sites for hydroxylation is 1. The fraction of sp³-hybridized carbons (Fsp3) is 0.136. The number of nitrogens with zero attached hydrogens (tertiary/aromatic N) is 4. The van der Waals surface area contributed by atoms with Gasteiger partial charge in [-0.15, -0.1) is 0 Å². The van der Waals surface area contributed by atoms with Crippen molar-refractivity contribution in [1.82, 2.24) is 14.5 Å². The highest BCUT2D eigenvalue weighted by Gasteiger charge is 2.06. The molecule has 5 nitrogen and oxygen atoms in total. The number of fused-ring (bicyclic) bond motifs is 1. The Kier molecular flexibility index (Phi) is 4.54. The molecule has 132 valence electrons. The van der Waals surface area contributed by atoms with Crippen LogP contribution in [0.4, 0.5) is 5.69 Å². The normalized spacial score (nSPS) is 10.7. The maximum Gasteiger partial charge on any atom is 0.143 e. The number of hydrogen-bond donors (Lipinski definition) is 1. The fourth-order valence-corrected chi connectivity index (χ4v) is 3.18. The number of nitrogens with one attached hydrogen (secondary N) is 1. The highest BCUT2D eigenvalue weighted by Crippen LogP contribution is 2.23. The van der Waals surface area contributed by atoms with Crippen LogP contribution in [0.3, 0.4) is 0 Å². The van der Waals surface area contributed by atoms with E-state index in [1.807, 2.05) is 43.6 Å². The monoisotopic (exact) mass is 353 g/mol. The fourth-order valence-electron chi connectivity index (χ4n) is 3.18. The number of para-hydroxylation sites is 1. The van der Waals surface area contributed by atoms with E-state index < -0.39 is 0 Å². The molecule has 4 aromatic rings. The first-order valence-corrected chi connectivity index (χ1v) is 8.82. The first-order chi connectivity index (χ1) is 13.2. The van der Waals surface area contributed by atoms with Crippen LogP contribution in [0.2, 0.25) is 0 Å². The summed E-state index contributed by atoms with van der Waals surface area (Å²) >= 11 is 0. The lowest BCUT2D eigenvalue weighted by Crippen LogP contribution is -2.04. The van der Waals surface area contributed by atoms with Crippen LogP contribution in [0, 0.1) is 18.3 Å². The zero-order valence-corrected chi connectivity index (χ0v) is 15.1. The van der Waals surface area contributed by atoms with Gasteiger partial charge < -0.3 is 9.88 Å². The minimum Gasteiger partial charge on any atom is -0.380 e. The molecule has 0 spiro atoms. The largest absolute Gasteiger partial charge is 0.380 e. The van der Waals surface area contributed by atoms with E-state index in [9.17, 15) is 5.26 Å². The number of anilines is 1. The molecule has 2 aromatic carbocycles. The lowest BCUT2D eigenvalue weighted by Gasteiger charge is -2.12. The highest BCUT2D eigenvalue weighted by molar-refractivity contribution is 5.91. The van der Waals surface area contributed by atoms with Gasteiger partial charge in [0.2, 0.25) is 0 Å². The third-order valence-electron chi connectivity index (χ3n) is 4.58. The van der Waals surface area contributed by atoms with Crippen molar-refractivity contribution in [1.29, 1.82) is 5.26 Å². The lowest BCUT2D eigenvalue weighted by atomic mass is 10.1. The van der Waals surface area contributed by atoms with Crippen molar-refractivity contribution in [3.05, 3.63) is 89.6 Å². The summed E-state index contributed by atoms with van der Waals surface area (Å²) in [5, 5.41) is 13.7. The van der Waals surface area contributed by atoms with Gasteiger partial charge in [0, 0.05) is 36.6 Å². The zero-order valence-electron chi connectivity index (χ0n) is 15.1. The molecule has 0 bridgehead atoms. The second-order valence-electron chi connectivity index (χ2n) is 6.46. The molecule has 4 rings (SSSR count). The third kappa shape index (κ3) is 3.65. The summed E-state index contributed by atoms with van der Waals surface area (Å²) < 4.78 is 2.13. The summed E-state index contributed by atoms with van der Waals surface area (Å²) in [6.45, 7) is 3.48. The van der Waals surface area contributed by atoms with Gasteiger partial charge in [-0.25, -0.2) is 9.97 Å². The molecule has 0 aliphatic heterocycles. The molecule has 2 aromatic heterocycles. The maximum absolute atomic E-state index is 9.24. The first-order valence-electron chi connectivity index (χ1n) is 8.82. The average molecular weight is 353 g/mol. The molecule has 1 N–H and O–H groups in total. The summed E-state index contributed by atoms with van der Waals surface area (Å²) in [6, 6.07) is 20.3. The molecule has 0 radical (unpaired) electrons. The van der Waals surface area contributed by atoms with Gasteiger partial charge in [-0.2, -0.15) is 5.26 Å². The van der Waals surface area contributed by atoms with E-state index in [-0.39, 0.29) is 0 Å². The van der Waals surface area contributed by atoms with Crippen LogP contribution >= 0.6 is 0 Å². The van der Waals surface area contributed by atoms with Gasteiger partial charge in [0.1, 0.15) is 17.6 Å². The number of aromatic nitrogens is 3. The van der Waals surface area contributed by atoms with Gasteiger partial charge in [-0.1, -0.05) is 42.5 Å². The SMILES string of the molecule is Cc1nccn1Cc1cccc(CNc2cc(C#N)nc3ccccc23)c1. The Bertz CT molecular complexity index is 1140. The minimum absolute atomic E-state index is 0.417. The first kappa shape index (κ1) is 16.8. The van der Waals surface area contributed by atoms with Crippen LogP contribution in [-0.4, -0.2) is 14.5 Å². The van der Waals surface area contributed by atoms with Crippen molar-refractivity contribution in [2.24, 2.45) is 0 Å². The number of imidazole rings is 1. The predicted octanol–water partition coefficient (Wildman–Crippen LogP) is 4.27. The van der Waals surface area contributed by atoms with Gasteiger partial charge in [-0.3, -0.25) is 0 Å². The molecule has 5 heteroatoms. The molecular formula is C22H19N5. The molecule has 0 amide bonds. The van der Waals surface area contributed by atoms with Crippen LogP contribution < -0.4 is 5.32 Å². The van der Waals surface area contributed by atoms with Crippen LogP contribution in [0.15, 0.2) is 67.0 Å². The summed E-state index contributed by atoms with van der Waals surface area (Å²) in [5.74, 6) is 1.01. The number of rotatable bonds is 5. The minimum atomic E-state index is 0.417. The molecule has 0 unspecified atom stereocenters. The Labute approximate surface area is 157 Å². The highest BCUT2D eigenvalue weighted by atomic mass is 15.0. The molecule has 27 heavy (non-hydrogen) atoms. The molecule has 0 aliphatic rings. The molecule has 0 aliphatic carbocycles. The second-order valence-corrected chi connectivity index (χ2v) is 6.46. The molecule has 0 fully saturated rings. The maximum atomic E-state index is 9.24. The van der Waals surface area contributed by atoms with E-state index in [0.717, 1.165) is 29.0 Å². The molecule has 0 saturated carbocycles. The Balaban J connectivity index is 1.56. The van der Waals surface area contributed by atoms with Crippen molar-refractivity contribution >= 4 is 16.6 Å². The number of nitriles is 1. The molecule has 2 heterocycles. The van der Waals surface area contributed by atoms with Crippen molar-refractivity contribution < 1.29 is 0 Å². The standard InChI is InChI=1S/C22H19N5/c1-16-24-9-10-27(16)15-18-6-4-5-17(11-18)14-25-22-12-19(13-23)26-21-8-3-2-7-20(21)22/h2-12H,14-15H2,1H3,(H,25,26). The summed E-state index contributed by atoms with van der Waals surface area (Å²) in [4.78, 5) is 8.64. The van der Waals surface area contributed by atoms with Gasteiger partial charge in [0.15, 0.2) is 0 Å². The molecule has 0 saturated heterocycles. The Hall–Kier alpha value is -3.65. The van der Waals surface area contributed by atoms with Crippen LogP contribution in [0.1, 0.15) is 22.6 Å². The average Bonchev–Trinajstić information content (AvgIpc) is 3.10. The van der Waals surface area contributed by atoms with Gasteiger partial charge in [0.05, 0.1) is 5.52 Å². The number of benzene rings is 2. The van der Waals surface area contributed by atoms with Gasteiger partial charge in [0.25, 0.3) is 0 Å². The van der Waals surface area contributed by atoms with Crippen LogP contribution in [0.25, 0.3) is 10.9 Å². The van der Waals surface area contributed by atoms with Crippen molar-refractivity contribution in [3.63, 3.8) is 0 Å². The van der Waals surface area contributed by atoms with E-state index in [1.54, 1.807) is 6.07 Å². The zero-order chi connectivity index (χ0) is 18.6. The topological polar surface area (TPSA) is 66.5 Å². The summed E-state index contributed by atoms with van der Waals surface area (Å²) in [7, 11) is 0. The predicted molar refractivity (Wildman–Crippen MR) is 106 cm³/mol. The van der Waals surface area contributed by atoms with E-state index >= 15 is 0 Å². The van der Waals surface area contributed by atoms with E-state index in [4.69, 9.17) is 0 Å². The van der Waals surface area contributed by atoms with Crippen molar-refractivity contribution in [2.45, 2.75) is 20.0 Å². The molecule has 0 atom stereocenters. The number of hydrogen-bond acceptors (Lipinski definition) is 4. The quantitative estimate of drug-likeness (QED) is 0.582. The lowest BCUT2D eigenvalue weighted by molar-refractivity contribution is 0.760. The van der Waals surface area contributed by atoms with Crippen LogP contribution in [-0.2, 0) is 13.1 Å². The van der Waals surface area contributed by atoms with E-state index in [1.165, 1.54) is 11.1 Å². The number of pyridine rings is 1.